The summed E-state index contributed by atoms with van der Waals surface area (Å²) in [4.78, 5) is 30.0. The summed E-state index contributed by atoms with van der Waals surface area (Å²) >= 11 is 1.37. The molecular formula is C17H16N6O3S. The van der Waals surface area contributed by atoms with E-state index in [2.05, 4.69) is 30.2 Å². The Hall–Kier alpha value is -3.14. The summed E-state index contributed by atoms with van der Waals surface area (Å²) < 4.78 is 4.62. The van der Waals surface area contributed by atoms with E-state index in [9.17, 15) is 9.59 Å². The van der Waals surface area contributed by atoms with Gasteiger partial charge in [-0.2, -0.15) is 4.98 Å². The number of anilines is 1. The Morgan fingerprint density at radius 3 is 2.93 bits per heavy atom. The van der Waals surface area contributed by atoms with Crippen molar-refractivity contribution in [2.24, 2.45) is 5.92 Å². The van der Waals surface area contributed by atoms with Crippen LogP contribution in [0, 0.1) is 5.92 Å². The second-order valence-corrected chi connectivity index (χ2v) is 7.15. The van der Waals surface area contributed by atoms with Crippen molar-refractivity contribution in [3.05, 3.63) is 53.1 Å². The molecule has 27 heavy (non-hydrogen) atoms. The Morgan fingerprint density at radius 2 is 2.15 bits per heavy atom. The largest absolute Gasteiger partial charge is 0.348 e. The maximum Gasteiger partial charge on any atom is 0.229 e. The summed E-state index contributed by atoms with van der Waals surface area (Å²) in [5.41, 5.74) is 1.13. The highest BCUT2D eigenvalue weighted by molar-refractivity contribution is 7.15. The molecule has 4 rings (SSSR count). The van der Waals surface area contributed by atoms with Gasteiger partial charge < -0.3 is 9.84 Å². The third kappa shape index (κ3) is 4.00. The van der Waals surface area contributed by atoms with E-state index in [-0.39, 0.29) is 31.3 Å². The number of rotatable bonds is 6. The lowest BCUT2D eigenvalue weighted by Crippen LogP contribution is -2.32. The fourth-order valence-corrected chi connectivity index (χ4v) is 3.74. The molecule has 1 fully saturated rings. The van der Waals surface area contributed by atoms with Gasteiger partial charge in [0, 0.05) is 19.4 Å². The number of nitrogens with one attached hydrogen (secondary N) is 1. The van der Waals surface area contributed by atoms with Crippen molar-refractivity contribution in [1.29, 1.82) is 0 Å². The van der Waals surface area contributed by atoms with Gasteiger partial charge >= 0.3 is 0 Å². The van der Waals surface area contributed by atoms with Crippen LogP contribution in [0.3, 0.4) is 0 Å². The standard InChI is InChI=1S/C17H16N6O3S/c24-15-7-12(16(25)18-8-13-19-10-26-22-13)9-23(15)17-21-20-14(27-17)6-11-4-2-1-3-5-11/h1-5,10,12H,6-9H2,(H,18,25). The molecule has 1 saturated heterocycles. The SMILES string of the molecule is O=C(NCc1ncon1)C1CC(=O)N(c2nnc(Cc3ccccc3)s2)C1. The van der Waals surface area contributed by atoms with E-state index in [1.807, 2.05) is 30.3 Å². The van der Waals surface area contributed by atoms with Gasteiger partial charge in [0.1, 0.15) is 5.01 Å². The van der Waals surface area contributed by atoms with Gasteiger partial charge in [0.05, 0.1) is 12.5 Å². The minimum Gasteiger partial charge on any atom is -0.348 e. The van der Waals surface area contributed by atoms with Gasteiger partial charge in [-0.25, -0.2) is 0 Å². The predicted octanol–water partition coefficient (Wildman–Crippen LogP) is 1.18. The summed E-state index contributed by atoms with van der Waals surface area (Å²) in [6.07, 6.45) is 2.01. The molecule has 10 heteroatoms. The number of hydrogen-bond donors (Lipinski definition) is 1. The zero-order valence-electron chi connectivity index (χ0n) is 14.2. The Bertz CT molecular complexity index is 927. The highest BCUT2D eigenvalue weighted by atomic mass is 32.1. The van der Waals surface area contributed by atoms with Crippen LogP contribution in [-0.4, -0.2) is 38.7 Å². The number of amides is 2. The first-order valence-electron chi connectivity index (χ1n) is 8.38. The quantitative estimate of drug-likeness (QED) is 0.679. The molecule has 0 spiro atoms. The van der Waals surface area contributed by atoms with Gasteiger partial charge in [-0.1, -0.05) is 46.8 Å². The molecule has 0 radical (unpaired) electrons. The van der Waals surface area contributed by atoms with Crippen LogP contribution in [0.5, 0.6) is 0 Å². The van der Waals surface area contributed by atoms with E-state index >= 15 is 0 Å². The molecule has 2 amide bonds. The summed E-state index contributed by atoms with van der Waals surface area (Å²) in [6.45, 7) is 0.455. The zero-order chi connectivity index (χ0) is 18.6. The fraction of sp³-hybridized carbons (Fsp3) is 0.294. The molecular weight excluding hydrogens is 368 g/mol. The van der Waals surface area contributed by atoms with Crippen molar-refractivity contribution in [2.75, 3.05) is 11.4 Å². The zero-order valence-corrected chi connectivity index (χ0v) is 15.1. The summed E-state index contributed by atoms with van der Waals surface area (Å²) in [6, 6.07) is 9.94. The van der Waals surface area contributed by atoms with E-state index in [1.54, 1.807) is 0 Å². The predicted molar refractivity (Wildman–Crippen MR) is 95.8 cm³/mol. The smallest absolute Gasteiger partial charge is 0.229 e. The van der Waals surface area contributed by atoms with E-state index in [0.29, 0.717) is 17.4 Å². The van der Waals surface area contributed by atoms with Gasteiger partial charge in [-0.3, -0.25) is 14.5 Å². The molecule has 3 heterocycles. The molecule has 138 valence electrons. The molecule has 3 aromatic rings. The van der Waals surface area contributed by atoms with E-state index in [0.717, 1.165) is 10.6 Å². The maximum absolute atomic E-state index is 12.3. The number of carbonyl (C=O) groups excluding carboxylic acids is 2. The lowest BCUT2D eigenvalue weighted by Gasteiger charge is -2.12. The third-order valence-corrected chi connectivity index (χ3v) is 5.15. The molecule has 1 aromatic carbocycles. The second-order valence-electron chi connectivity index (χ2n) is 6.11. The molecule has 9 nitrogen and oxygen atoms in total. The van der Waals surface area contributed by atoms with Crippen molar-refractivity contribution in [1.82, 2.24) is 25.7 Å². The lowest BCUT2D eigenvalue weighted by atomic mass is 10.1. The van der Waals surface area contributed by atoms with Gasteiger partial charge in [0.25, 0.3) is 0 Å². The molecule has 1 aliphatic rings. The van der Waals surface area contributed by atoms with Crippen LogP contribution in [-0.2, 0) is 22.6 Å². The van der Waals surface area contributed by atoms with Crippen LogP contribution < -0.4 is 10.2 Å². The van der Waals surface area contributed by atoms with Crippen LogP contribution in [0.15, 0.2) is 41.2 Å². The van der Waals surface area contributed by atoms with E-state index in [4.69, 9.17) is 0 Å². The topological polar surface area (TPSA) is 114 Å². The molecule has 1 atom stereocenters. The van der Waals surface area contributed by atoms with Crippen LogP contribution in [0.1, 0.15) is 22.8 Å². The monoisotopic (exact) mass is 384 g/mol. The normalized spacial score (nSPS) is 16.7. The van der Waals surface area contributed by atoms with Crippen molar-refractivity contribution in [2.45, 2.75) is 19.4 Å². The molecule has 0 aliphatic carbocycles. The molecule has 1 unspecified atom stereocenters. The summed E-state index contributed by atoms with van der Waals surface area (Å²) in [5.74, 6) is -0.396. The van der Waals surface area contributed by atoms with Crippen molar-refractivity contribution in [3.8, 4) is 0 Å². The highest BCUT2D eigenvalue weighted by Gasteiger charge is 2.36. The maximum atomic E-state index is 12.3. The fourth-order valence-electron chi connectivity index (χ4n) is 2.84. The average Bonchev–Trinajstić information content (AvgIpc) is 3.41. The van der Waals surface area contributed by atoms with Crippen molar-refractivity contribution >= 4 is 28.3 Å². The van der Waals surface area contributed by atoms with Gasteiger partial charge in [-0.05, 0) is 5.56 Å². The lowest BCUT2D eigenvalue weighted by molar-refractivity contribution is -0.126. The van der Waals surface area contributed by atoms with Gasteiger partial charge in [0.15, 0.2) is 5.82 Å². The number of benzene rings is 1. The highest BCUT2D eigenvalue weighted by Crippen LogP contribution is 2.28. The first-order valence-corrected chi connectivity index (χ1v) is 9.20. The Labute approximate surface area is 158 Å². The minimum absolute atomic E-state index is 0.128. The number of carbonyl (C=O) groups is 2. The van der Waals surface area contributed by atoms with Crippen LogP contribution in [0.4, 0.5) is 5.13 Å². The summed E-state index contributed by atoms with van der Waals surface area (Å²) in [5, 5.41) is 16.0. The van der Waals surface area contributed by atoms with E-state index < -0.39 is 5.92 Å². The van der Waals surface area contributed by atoms with Crippen LogP contribution >= 0.6 is 11.3 Å². The van der Waals surface area contributed by atoms with Crippen LogP contribution in [0.25, 0.3) is 0 Å². The Balaban J connectivity index is 1.37. The number of nitrogens with zero attached hydrogens (tertiary/aromatic N) is 5. The third-order valence-electron chi connectivity index (χ3n) is 4.21. The first-order chi connectivity index (χ1) is 13.2. The molecule has 1 aliphatic heterocycles. The van der Waals surface area contributed by atoms with Gasteiger partial charge in [-0.15, -0.1) is 10.2 Å². The molecule has 0 bridgehead atoms. The van der Waals surface area contributed by atoms with Crippen molar-refractivity contribution < 1.29 is 14.1 Å². The summed E-state index contributed by atoms with van der Waals surface area (Å²) in [7, 11) is 0. The van der Waals surface area contributed by atoms with E-state index in [1.165, 1.54) is 22.6 Å². The van der Waals surface area contributed by atoms with Crippen molar-refractivity contribution in [3.63, 3.8) is 0 Å². The minimum atomic E-state index is -0.439. The molecule has 0 saturated carbocycles. The Morgan fingerprint density at radius 1 is 1.30 bits per heavy atom. The van der Waals surface area contributed by atoms with Gasteiger partial charge in [0.2, 0.25) is 23.3 Å². The van der Waals surface area contributed by atoms with Crippen LogP contribution in [0.2, 0.25) is 0 Å². The average molecular weight is 384 g/mol. The number of hydrogen-bond acceptors (Lipinski definition) is 8. The molecule has 1 N–H and O–H groups in total. The second kappa shape index (κ2) is 7.62. The Kier molecular flexibility index (Phi) is 4.88. The molecule has 2 aromatic heterocycles. The first kappa shape index (κ1) is 17.3. The number of aromatic nitrogens is 4.